The van der Waals surface area contributed by atoms with Crippen molar-refractivity contribution in [2.24, 2.45) is 5.10 Å². The second kappa shape index (κ2) is 14.3. The standard InChI is InChI=1S/C30H20Cl3N3O6/c31-22-8-1-18(2-9-22)28(38)34-17-27(37)36-35-16-21-7-14-25(41-29(39)19-3-10-23(32)11-4-19)15-26(21)42-30(40)20-5-12-24(33)13-6-20/h1-16H,17H2,(H,34,38)(H,36,37)/b35-16-. The van der Waals surface area contributed by atoms with Gasteiger partial charge in [0, 0.05) is 32.3 Å². The number of carbonyl (C=O) groups is 4. The Kier molecular flexibility index (Phi) is 10.3. The van der Waals surface area contributed by atoms with Crippen LogP contribution in [0.1, 0.15) is 36.6 Å². The number of esters is 2. The van der Waals surface area contributed by atoms with Crippen LogP contribution in [0, 0.1) is 0 Å². The molecule has 4 rings (SSSR count). The number of nitrogens with zero attached hydrogens (tertiary/aromatic N) is 1. The van der Waals surface area contributed by atoms with Crippen LogP contribution in [0.4, 0.5) is 0 Å². The molecule has 0 unspecified atom stereocenters. The average Bonchev–Trinajstić information content (AvgIpc) is 2.98. The summed E-state index contributed by atoms with van der Waals surface area (Å²) in [6.07, 6.45) is 1.23. The van der Waals surface area contributed by atoms with Crippen molar-refractivity contribution in [3.8, 4) is 11.5 Å². The van der Waals surface area contributed by atoms with Gasteiger partial charge in [-0.2, -0.15) is 5.10 Å². The van der Waals surface area contributed by atoms with Gasteiger partial charge in [0.2, 0.25) is 0 Å². The summed E-state index contributed by atoms with van der Waals surface area (Å²) in [6.45, 7) is -0.350. The lowest BCUT2D eigenvalue weighted by atomic mass is 10.2. The Labute approximate surface area is 255 Å². The van der Waals surface area contributed by atoms with Gasteiger partial charge in [0.15, 0.2) is 0 Å². The quantitative estimate of drug-likeness (QED) is 0.102. The molecule has 0 aliphatic heterocycles. The molecule has 2 amide bonds. The molecule has 9 nitrogen and oxygen atoms in total. The molecule has 0 heterocycles. The summed E-state index contributed by atoms with van der Waals surface area (Å²) in [5.74, 6) is -2.37. The second-order valence-corrected chi connectivity index (χ2v) is 9.78. The highest BCUT2D eigenvalue weighted by atomic mass is 35.5. The number of hydrogen-bond donors (Lipinski definition) is 2. The van der Waals surface area contributed by atoms with Gasteiger partial charge >= 0.3 is 11.9 Å². The maximum atomic E-state index is 12.8. The van der Waals surface area contributed by atoms with Crippen molar-refractivity contribution in [1.29, 1.82) is 0 Å². The fourth-order valence-corrected chi connectivity index (χ4v) is 3.73. The van der Waals surface area contributed by atoms with E-state index in [2.05, 4.69) is 15.8 Å². The fraction of sp³-hybridized carbons (Fsp3) is 0.0333. The van der Waals surface area contributed by atoms with Crippen LogP contribution in [-0.2, 0) is 4.79 Å². The highest BCUT2D eigenvalue weighted by Gasteiger charge is 2.15. The van der Waals surface area contributed by atoms with E-state index in [9.17, 15) is 19.2 Å². The third-order valence-corrected chi connectivity index (χ3v) is 6.22. The van der Waals surface area contributed by atoms with Gasteiger partial charge in [-0.15, -0.1) is 0 Å². The molecule has 4 aromatic carbocycles. The molecule has 42 heavy (non-hydrogen) atoms. The van der Waals surface area contributed by atoms with Crippen molar-refractivity contribution in [2.45, 2.75) is 0 Å². The largest absolute Gasteiger partial charge is 0.423 e. The van der Waals surface area contributed by atoms with E-state index < -0.39 is 23.8 Å². The molecule has 0 fully saturated rings. The summed E-state index contributed by atoms with van der Waals surface area (Å²) in [4.78, 5) is 49.7. The smallest absolute Gasteiger partial charge is 0.343 e. The van der Waals surface area contributed by atoms with Crippen LogP contribution in [0.15, 0.2) is 96.1 Å². The van der Waals surface area contributed by atoms with Gasteiger partial charge in [0.1, 0.15) is 11.5 Å². The first-order valence-corrected chi connectivity index (χ1v) is 13.3. The summed E-state index contributed by atoms with van der Waals surface area (Å²) >= 11 is 17.6. The number of hydrogen-bond acceptors (Lipinski definition) is 7. The molecule has 212 valence electrons. The summed E-state index contributed by atoms with van der Waals surface area (Å²) in [7, 11) is 0. The first-order valence-electron chi connectivity index (χ1n) is 12.1. The molecule has 0 radical (unpaired) electrons. The van der Waals surface area contributed by atoms with Gasteiger partial charge < -0.3 is 14.8 Å². The predicted octanol–water partition coefficient (Wildman–Crippen LogP) is 5.97. The number of halogens is 3. The Morgan fingerprint density at radius 1 is 0.667 bits per heavy atom. The first kappa shape index (κ1) is 30.3. The number of ether oxygens (including phenoxy) is 2. The topological polar surface area (TPSA) is 123 Å². The summed E-state index contributed by atoms with van der Waals surface area (Å²) in [5, 5.41) is 7.72. The van der Waals surface area contributed by atoms with Gasteiger partial charge in [0.25, 0.3) is 11.8 Å². The molecular formula is C30H20Cl3N3O6. The van der Waals surface area contributed by atoms with E-state index in [-0.39, 0.29) is 34.7 Å². The third-order valence-electron chi connectivity index (χ3n) is 5.47. The lowest BCUT2D eigenvalue weighted by Crippen LogP contribution is -2.34. The van der Waals surface area contributed by atoms with Crippen molar-refractivity contribution < 1.29 is 28.7 Å². The molecule has 0 saturated carbocycles. The van der Waals surface area contributed by atoms with Crippen LogP contribution in [0.2, 0.25) is 15.1 Å². The Bertz CT molecular complexity index is 1640. The van der Waals surface area contributed by atoms with Crippen molar-refractivity contribution in [3.05, 3.63) is 128 Å². The van der Waals surface area contributed by atoms with Crippen LogP contribution in [0.25, 0.3) is 0 Å². The van der Waals surface area contributed by atoms with Crippen molar-refractivity contribution in [2.75, 3.05) is 6.54 Å². The van der Waals surface area contributed by atoms with E-state index >= 15 is 0 Å². The zero-order chi connectivity index (χ0) is 30.1. The monoisotopic (exact) mass is 623 g/mol. The first-order chi connectivity index (χ1) is 20.2. The molecule has 0 aliphatic carbocycles. The number of benzene rings is 4. The van der Waals surface area contributed by atoms with Crippen LogP contribution in [-0.4, -0.2) is 36.5 Å². The molecule has 0 bridgehead atoms. The van der Waals surface area contributed by atoms with Gasteiger partial charge in [-0.25, -0.2) is 15.0 Å². The maximum absolute atomic E-state index is 12.8. The highest BCUT2D eigenvalue weighted by molar-refractivity contribution is 6.31. The molecule has 0 aliphatic rings. The van der Waals surface area contributed by atoms with Gasteiger partial charge in [0.05, 0.1) is 23.9 Å². The Morgan fingerprint density at radius 2 is 1.17 bits per heavy atom. The zero-order valence-electron chi connectivity index (χ0n) is 21.5. The van der Waals surface area contributed by atoms with E-state index in [1.165, 1.54) is 72.9 Å². The minimum absolute atomic E-state index is 0.00889. The van der Waals surface area contributed by atoms with E-state index in [1.807, 2.05) is 0 Å². The molecule has 0 spiro atoms. The lowest BCUT2D eigenvalue weighted by molar-refractivity contribution is -0.120. The fourth-order valence-electron chi connectivity index (χ4n) is 3.35. The van der Waals surface area contributed by atoms with Crippen LogP contribution in [0.3, 0.4) is 0 Å². The lowest BCUT2D eigenvalue weighted by Gasteiger charge is -2.11. The molecule has 12 heteroatoms. The summed E-state index contributed by atoms with van der Waals surface area (Å²) < 4.78 is 11.0. The second-order valence-electron chi connectivity index (χ2n) is 8.48. The van der Waals surface area contributed by atoms with E-state index in [4.69, 9.17) is 44.3 Å². The number of rotatable bonds is 9. The molecule has 2 N–H and O–H groups in total. The molecule has 0 saturated heterocycles. The zero-order valence-corrected chi connectivity index (χ0v) is 23.7. The van der Waals surface area contributed by atoms with E-state index in [1.54, 1.807) is 24.3 Å². The van der Waals surface area contributed by atoms with Crippen LogP contribution >= 0.6 is 34.8 Å². The molecule has 4 aromatic rings. The minimum atomic E-state index is -0.712. The van der Waals surface area contributed by atoms with Crippen molar-refractivity contribution in [1.82, 2.24) is 10.7 Å². The van der Waals surface area contributed by atoms with E-state index in [0.29, 0.717) is 20.6 Å². The predicted molar refractivity (Wildman–Crippen MR) is 159 cm³/mol. The average molecular weight is 625 g/mol. The van der Waals surface area contributed by atoms with Gasteiger partial charge in [-0.1, -0.05) is 34.8 Å². The highest BCUT2D eigenvalue weighted by Crippen LogP contribution is 2.26. The molecular weight excluding hydrogens is 605 g/mol. The van der Waals surface area contributed by atoms with Crippen LogP contribution in [0.5, 0.6) is 11.5 Å². The Hall–Kier alpha value is -4.70. The van der Waals surface area contributed by atoms with Crippen molar-refractivity contribution >= 4 is 64.8 Å². The summed E-state index contributed by atoms with van der Waals surface area (Å²) in [5.41, 5.74) is 3.37. The summed E-state index contributed by atoms with van der Waals surface area (Å²) in [6, 6.07) is 22.6. The van der Waals surface area contributed by atoms with Crippen molar-refractivity contribution in [3.63, 3.8) is 0 Å². The normalized spacial score (nSPS) is 10.6. The number of carbonyl (C=O) groups excluding carboxylic acids is 4. The Balaban J connectivity index is 1.46. The molecule has 0 atom stereocenters. The number of nitrogens with one attached hydrogen (secondary N) is 2. The van der Waals surface area contributed by atoms with Gasteiger partial charge in [-0.05, 0) is 84.9 Å². The molecule has 0 aromatic heterocycles. The van der Waals surface area contributed by atoms with Crippen LogP contribution < -0.4 is 20.2 Å². The number of amides is 2. The third kappa shape index (κ3) is 8.65. The maximum Gasteiger partial charge on any atom is 0.343 e. The number of hydrazone groups is 1. The van der Waals surface area contributed by atoms with Gasteiger partial charge in [-0.3, -0.25) is 9.59 Å². The SMILES string of the molecule is O=C(CNC(=O)c1ccc(Cl)cc1)N/N=C\c1ccc(OC(=O)c2ccc(Cl)cc2)cc1OC(=O)c1ccc(Cl)cc1. The Morgan fingerprint density at radius 3 is 1.71 bits per heavy atom. The van der Waals surface area contributed by atoms with E-state index in [0.717, 1.165) is 0 Å². The minimum Gasteiger partial charge on any atom is -0.423 e.